The summed E-state index contributed by atoms with van der Waals surface area (Å²) in [4.78, 5) is 4.42. The summed E-state index contributed by atoms with van der Waals surface area (Å²) in [5.41, 5.74) is -5.65. The van der Waals surface area contributed by atoms with Gasteiger partial charge in [-0.2, -0.15) is 13.2 Å². The number of nitrogens with zero attached hydrogens (tertiary/aromatic N) is 4. The van der Waals surface area contributed by atoms with Crippen LogP contribution < -0.4 is 4.57 Å². The third-order valence-electron chi connectivity index (χ3n) is 3.12. The van der Waals surface area contributed by atoms with E-state index in [1.165, 1.54) is 5.82 Å². The van der Waals surface area contributed by atoms with Crippen LogP contribution in [0, 0.1) is 6.92 Å². The summed E-state index contributed by atoms with van der Waals surface area (Å²) in [6, 6.07) is 0. The highest BCUT2D eigenvalue weighted by Crippen LogP contribution is 2.20. The lowest BCUT2D eigenvalue weighted by molar-refractivity contribution is -0.701. The second kappa shape index (κ2) is 9.35. The molecule has 1 heterocycles. The number of hydrogen-bond donors (Lipinski definition) is 0. The van der Waals surface area contributed by atoms with E-state index in [0.717, 1.165) is 26.2 Å². The highest BCUT2D eigenvalue weighted by molar-refractivity contribution is 7.86. The Morgan fingerprint density at radius 2 is 1.62 bits per heavy atom. The first-order chi connectivity index (χ1) is 10.8. The van der Waals surface area contributed by atoms with Crippen LogP contribution in [0.4, 0.5) is 13.2 Å². The van der Waals surface area contributed by atoms with Gasteiger partial charge in [0, 0.05) is 20.0 Å². The molecule has 0 bridgehead atoms. The monoisotopic (exact) mass is 374 g/mol. The molecule has 0 N–H and O–H groups in total. The molecule has 0 radical (unpaired) electrons. The van der Waals surface area contributed by atoms with Gasteiger partial charge in [0.1, 0.15) is 25.5 Å². The normalized spacial score (nSPS) is 12.5. The fraction of sp³-hybridized carbons (Fsp3) is 0.769. The Balaban J connectivity index is 0.000000561. The summed E-state index contributed by atoms with van der Waals surface area (Å²) in [5.74, 6) is 1.34. The lowest BCUT2D eigenvalue weighted by atomic mass is 10.5. The number of aromatic nitrogens is 2. The van der Waals surface area contributed by atoms with Crippen molar-refractivity contribution in [1.82, 2.24) is 14.4 Å². The van der Waals surface area contributed by atoms with Crippen molar-refractivity contribution in [3.05, 3.63) is 18.2 Å². The van der Waals surface area contributed by atoms with Crippen molar-refractivity contribution >= 4 is 10.1 Å². The van der Waals surface area contributed by atoms with Gasteiger partial charge in [-0.1, -0.05) is 0 Å². The van der Waals surface area contributed by atoms with Gasteiger partial charge >= 0.3 is 5.51 Å². The fourth-order valence-corrected chi connectivity index (χ4v) is 1.63. The predicted octanol–water partition coefficient (Wildman–Crippen LogP) is 0.259. The summed E-state index contributed by atoms with van der Waals surface area (Å²) in [5, 5.41) is 0. The summed E-state index contributed by atoms with van der Waals surface area (Å²) < 4.78 is 63.5. The van der Waals surface area contributed by atoms with Crippen molar-refractivity contribution in [2.24, 2.45) is 0 Å². The Bertz CT molecular complexity index is 569. The molecule has 0 aliphatic heterocycles. The maximum atomic E-state index is 10.7. The molecule has 24 heavy (non-hydrogen) atoms. The molecule has 1 aromatic heterocycles. The van der Waals surface area contributed by atoms with E-state index in [2.05, 4.69) is 66.4 Å². The molecule has 0 saturated heterocycles. The van der Waals surface area contributed by atoms with Crippen molar-refractivity contribution < 1.29 is 30.7 Å². The average Bonchev–Trinajstić information content (AvgIpc) is 2.73. The molecule has 0 spiro atoms. The SMILES string of the molecule is Cc1n(CCN(C)C)cc[n+]1CCN(C)C.O=S(=O)([O-])C(F)(F)F. The predicted molar refractivity (Wildman–Crippen MR) is 82.2 cm³/mol. The van der Waals surface area contributed by atoms with Crippen LogP contribution in [0.2, 0.25) is 0 Å². The second-order valence-electron chi connectivity index (χ2n) is 5.74. The van der Waals surface area contributed by atoms with Gasteiger partial charge in [0.05, 0.1) is 0 Å². The van der Waals surface area contributed by atoms with Crippen molar-refractivity contribution in [2.75, 3.05) is 41.3 Å². The number of alkyl halides is 3. The molecule has 0 aliphatic carbocycles. The van der Waals surface area contributed by atoms with Crippen LogP contribution in [0.3, 0.4) is 0 Å². The van der Waals surface area contributed by atoms with Crippen LogP contribution in [0.1, 0.15) is 5.82 Å². The van der Waals surface area contributed by atoms with Gasteiger partial charge in [0.25, 0.3) is 5.82 Å². The van der Waals surface area contributed by atoms with Crippen LogP contribution in [0.25, 0.3) is 0 Å². The van der Waals surface area contributed by atoms with E-state index in [1.807, 2.05) is 0 Å². The topological polar surface area (TPSA) is 72.5 Å². The zero-order chi connectivity index (χ0) is 19.1. The van der Waals surface area contributed by atoms with Gasteiger partial charge in [0.15, 0.2) is 10.1 Å². The zero-order valence-corrected chi connectivity index (χ0v) is 15.4. The van der Waals surface area contributed by atoms with Crippen LogP contribution in [-0.4, -0.2) is 74.1 Å². The molecule has 0 saturated carbocycles. The molecule has 7 nitrogen and oxygen atoms in total. The van der Waals surface area contributed by atoms with E-state index in [1.54, 1.807) is 0 Å². The summed E-state index contributed by atoms with van der Waals surface area (Å²) in [6.45, 7) is 6.49. The van der Waals surface area contributed by atoms with E-state index in [9.17, 15) is 13.2 Å². The Kier molecular flexibility index (Phi) is 8.89. The number of halogens is 3. The number of imidazole rings is 1. The molecule has 0 amide bonds. The first-order valence-electron chi connectivity index (χ1n) is 7.12. The minimum absolute atomic E-state index is 1.06. The smallest absolute Gasteiger partial charge is 0.485 e. The largest absolute Gasteiger partial charge is 0.741 e. The van der Waals surface area contributed by atoms with Gasteiger partial charge < -0.3 is 14.4 Å². The highest BCUT2D eigenvalue weighted by Gasteiger charge is 2.36. The minimum atomic E-state index is -6.09. The van der Waals surface area contributed by atoms with Gasteiger partial charge in [-0.3, -0.25) is 0 Å². The van der Waals surface area contributed by atoms with Crippen molar-refractivity contribution in [2.45, 2.75) is 25.5 Å². The number of hydrogen-bond acceptors (Lipinski definition) is 5. The Hall–Kier alpha value is -1.17. The van der Waals surface area contributed by atoms with Crippen molar-refractivity contribution in [1.29, 1.82) is 0 Å². The van der Waals surface area contributed by atoms with Crippen molar-refractivity contribution in [3.63, 3.8) is 0 Å². The number of rotatable bonds is 6. The van der Waals surface area contributed by atoms with Gasteiger partial charge in [-0.25, -0.2) is 17.6 Å². The molecule has 1 rings (SSSR count). The van der Waals surface area contributed by atoms with Crippen LogP contribution in [0.15, 0.2) is 12.4 Å². The molecule has 0 unspecified atom stereocenters. The second-order valence-corrected chi connectivity index (χ2v) is 7.11. The van der Waals surface area contributed by atoms with E-state index in [-0.39, 0.29) is 0 Å². The third kappa shape index (κ3) is 8.62. The Morgan fingerprint density at radius 3 is 2.00 bits per heavy atom. The highest BCUT2D eigenvalue weighted by atomic mass is 32.2. The standard InChI is InChI=1S/C12H25N4.CHF3O3S/c1-12-15(8-6-13(2)3)10-11-16(12)9-7-14(4)5;2-1(3,4)8(5,6)7/h10-11H,6-9H2,1-5H3;(H,5,6,7)/q+1;/p-1. The summed E-state index contributed by atoms with van der Waals surface area (Å²) in [6.07, 6.45) is 4.35. The molecular weight excluding hydrogens is 349 g/mol. The maximum Gasteiger partial charge on any atom is 0.485 e. The molecule has 142 valence electrons. The first kappa shape index (κ1) is 22.8. The molecular formula is C13H25F3N4O3S. The summed E-state index contributed by atoms with van der Waals surface area (Å²) >= 11 is 0. The van der Waals surface area contributed by atoms with Gasteiger partial charge in [-0.15, -0.1) is 0 Å². The third-order valence-corrected chi connectivity index (χ3v) is 3.68. The fourth-order valence-electron chi connectivity index (χ4n) is 1.63. The molecule has 0 atom stereocenters. The molecule has 0 aromatic carbocycles. The first-order valence-corrected chi connectivity index (χ1v) is 8.53. The van der Waals surface area contributed by atoms with Crippen LogP contribution >= 0.6 is 0 Å². The zero-order valence-electron chi connectivity index (χ0n) is 14.5. The van der Waals surface area contributed by atoms with Crippen LogP contribution in [-0.2, 0) is 23.2 Å². The molecule has 11 heteroatoms. The summed E-state index contributed by atoms with van der Waals surface area (Å²) in [7, 11) is 2.35. The lowest BCUT2D eigenvalue weighted by Gasteiger charge is -2.09. The average molecular weight is 374 g/mol. The quantitative estimate of drug-likeness (QED) is 0.406. The van der Waals surface area contributed by atoms with E-state index >= 15 is 0 Å². The molecule has 1 aromatic rings. The van der Waals surface area contributed by atoms with Crippen LogP contribution in [0.5, 0.6) is 0 Å². The van der Waals surface area contributed by atoms with E-state index in [4.69, 9.17) is 13.0 Å². The maximum absolute atomic E-state index is 10.7. The Morgan fingerprint density at radius 1 is 1.17 bits per heavy atom. The molecule has 0 fully saturated rings. The van der Waals surface area contributed by atoms with Gasteiger partial charge in [0.2, 0.25) is 0 Å². The van der Waals surface area contributed by atoms with E-state index in [0.29, 0.717) is 0 Å². The molecule has 0 aliphatic rings. The van der Waals surface area contributed by atoms with Gasteiger partial charge in [-0.05, 0) is 28.2 Å². The lowest BCUT2D eigenvalue weighted by Crippen LogP contribution is -2.40. The van der Waals surface area contributed by atoms with E-state index < -0.39 is 15.6 Å². The van der Waals surface area contributed by atoms with Crippen molar-refractivity contribution in [3.8, 4) is 0 Å². The minimum Gasteiger partial charge on any atom is -0.741 e. The Labute approximate surface area is 141 Å². The number of likely N-dealkylation sites (N-methyl/N-ethyl adjacent to an activating group) is 2.